The summed E-state index contributed by atoms with van der Waals surface area (Å²) in [5.74, 6) is -1.48. The Morgan fingerprint density at radius 2 is 2.00 bits per heavy atom. The minimum atomic E-state index is -2.08. The van der Waals surface area contributed by atoms with E-state index >= 15 is 0 Å². The molecule has 0 bridgehead atoms. The Morgan fingerprint density at radius 1 is 1.40 bits per heavy atom. The number of ether oxygens (including phenoxy) is 1. The quantitative estimate of drug-likeness (QED) is 0.828. The zero-order valence-electron chi connectivity index (χ0n) is 11.0. The second-order valence-corrected chi connectivity index (χ2v) is 5.36. The summed E-state index contributed by atoms with van der Waals surface area (Å²) < 4.78 is 5.38. The van der Waals surface area contributed by atoms with E-state index in [0.29, 0.717) is 11.3 Å². The smallest absolute Gasteiger partial charge is 0.361 e. The fourth-order valence-corrected chi connectivity index (χ4v) is 2.23. The summed E-state index contributed by atoms with van der Waals surface area (Å²) in [6.07, 6.45) is -0.0675. The fourth-order valence-electron chi connectivity index (χ4n) is 1.97. The van der Waals surface area contributed by atoms with Gasteiger partial charge in [-0.25, -0.2) is 4.79 Å². The fraction of sp³-hybridized carbons (Fsp3) is 0.308. The van der Waals surface area contributed by atoms with Gasteiger partial charge < -0.3 is 9.84 Å². The number of esters is 1. The van der Waals surface area contributed by atoms with E-state index in [0.717, 1.165) is 16.6 Å². The second kappa shape index (κ2) is 5.34. The first kappa shape index (κ1) is 14.7. The number of halogens is 1. The third-order valence-corrected chi connectivity index (χ3v) is 3.45. The summed E-state index contributed by atoms with van der Waals surface area (Å²) in [4.78, 5) is 24.1. The van der Waals surface area contributed by atoms with Crippen molar-refractivity contribution < 1.29 is 19.4 Å². The first-order valence-electron chi connectivity index (χ1n) is 5.83. The molecule has 20 heavy (non-hydrogen) atoms. The number of amides is 1. The molecular formula is C13H13BrN2O4. The minimum absolute atomic E-state index is 0.0675. The van der Waals surface area contributed by atoms with Crippen LogP contribution in [0.25, 0.3) is 0 Å². The van der Waals surface area contributed by atoms with Gasteiger partial charge in [0.25, 0.3) is 11.6 Å². The van der Waals surface area contributed by atoms with E-state index in [2.05, 4.69) is 25.8 Å². The number of hydrogen-bond acceptors (Lipinski definition) is 5. The number of benzene rings is 1. The third-order valence-electron chi connectivity index (χ3n) is 2.92. The molecule has 2 rings (SSSR count). The Kier molecular flexibility index (Phi) is 3.92. The van der Waals surface area contributed by atoms with Crippen LogP contribution in [0.3, 0.4) is 0 Å². The SMILES string of the molecule is COC(=O)[C@@]1(O)CC(C)=NN1C(=O)c1ccc(Br)cc1. The Morgan fingerprint density at radius 3 is 2.55 bits per heavy atom. The number of aliphatic hydroxyl groups is 1. The van der Waals surface area contributed by atoms with Crippen LogP contribution in [0.2, 0.25) is 0 Å². The topological polar surface area (TPSA) is 79.2 Å². The van der Waals surface area contributed by atoms with Gasteiger partial charge in [0.1, 0.15) is 0 Å². The van der Waals surface area contributed by atoms with E-state index in [4.69, 9.17) is 0 Å². The van der Waals surface area contributed by atoms with Gasteiger partial charge in [0.2, 0.25) is 0 Å². The van der Waals surface area contributed by atoms with E-state index < -0.39 is 17.6 Å². The van der Waals surface area contributed by atoms with Crippen molar-refractivity contribution in [3.63, 3.8) is 0 Å². The van der Waals surface area contributed by atoms with Crippen LogP contribution in [0.4, 0.5) is 0 Å². The summed E-state index contributed by atoms with van der Waals surface area (Å²) in [5, 5.41) is 15.1. The van der Waals surface area contributed by atoms with Crippen LogP contribution in [0.15, 0.2) is 33.8 Å². The lowest BCUT2D eigenvalue weighted by Gasteiger charge is -2.28. The first-order chi connectivity index (χ1) is 9.38. The summed E-state index contributed by atoms with van der Waals surface area (Å²) in [6, 6.07) is 6.54. The number of rotatable bonds is 2. The molecule has 1 heterocycles. The van der Waals surface area contributed by atoms with Crippen LogP contribution in [0.1, 0.15) is 23.7 Å². The second-order valence-electron chi connectivity index (χ2n) is 4.44. The average Bonchev–Trinajstić information content (AvgIpc) is 2.74. The highest BCUT2D eigenvalue weighted by molar-refractivity contribution is 9.10. The van der Waals surface area contributed by atoms with Gasteiger partial charge >= 0.3 is 5.97 Å². The van der Waals surface area contributed by atoms with Gasteiger partial charge in [-0.3, -0.25) is 4.79 Å². The van der Waals surface area contributed by atoms with Crippen molar-refractivity contribution in [2.24, 2.45) is 5.10 Å². The Balaban J connectivity index is 2.36. The zero-order chi connectivity index (χ0) is 14.9. The average molecular weight is 341 g/mol. The molecular weight excluding hydrogens is 328 g/mol. The Hall–Kier alpha value is -1.73. The van der Waals surface area contributed by atoms with Crippen molar-refractivity contribution in [1.82, 2.24) is 5.01 Å². The number of methoxy groups -OCH3 is 1. The van der Waals surface area contributed by atoms with Gasteiger partial charge in [0, 0.05) is 22.2 Å². The Labute approximate surface area is 124 Å². The van der Waals surface area contributed by atoms with Crippen molar-refractivity contribution in [1.29, 1.82) is 0 Å². The summed E-state index contributed by atoms with van der Waals surface area (Å²) in [6.45, 7) is 1.63. The number of carbonyl (C=O) groups is 2. The van der Waals surface area contributed by atoms with E-state index in [1.807, 2.05) is 0 Å². The molecule has 0 spiro atoms. The van der Waals surface area contributed by atoms with Crippen molar-refractivity contribution >= 4 is 33.5 Å². The molecule has 0 aliphatic carbocycles. The molecule has 0 fully saturated rings. The van der Waals surface area contributed by atoms with Crippen LogP contribution in [0.5, 0.6) is 0 Å². The molecule has 1 aliphatic rings. The van der Waals surface area contributed by atoms with Gasteiger partial charge in [-0.1, -0.05) is 15.9 Å². The molecule has 6 nitrogen and oxygen atoms in total. The van der Waals surface area contributed by atoms with Gasteiger partial charge in [-0.05, 0) is 31.2 Å². The highest BCUT2D eigenvalue weighted by Gasteiger charge is 2.51. The third kappa shape index (κ3) is 2.46. The minimum Gasteiger partial charge on any atom is -0.465 e. The molecule has 1 aromatic rings. The largest absolute Gasteiger partial charge is 0.465 e. The van der Waals surface area contributed by atoms with Crippen LogP contribution in [-0.2, 0) is 9.53 Å². The predicted molar refractivity (Wildman–Crippen MR) is 75.0 cm³/mol. The normalized spacial score (nSPS) is 21.6. The monoisotopic (exact) mass is 340 g/mol. The van der Waals surface area contributed by atoms with Gasteiger partial charge in [0.05, 0.1) is 7.11 Å². The van der Waals surface area contributed by atoms with Crippen molar-refractivity contribution in [3.05, 3.63) is 34.3 Å². The van der Waals surface area contributed by atoms with E-state index in [9.17, 15) is 14.7 Å². The molecule has 0 unspecified atom stereocenters. The molecule has 1 aliphatic heterocycles. The van der Waals surface area contributed by atoms with Gasteiger partial charge in [0.15, 0.2) is 0 Å². The van der Waals surface area contributed by atoms with Crippen molar-refractivity contribution in [2.45, 2.75) is 19.1 Å². The molecule has 7 heteroatoms. The maximum Gasteiger partial charge on any atom is 0.361 e. The van der Waals surface area contributed by atoms with E-state index in [-0.39, 0.29) is 6.42 Å². The highest BCUT2D eigenvalue weighted by Crippen LogP contribution is 2.28. The number of carbonyl (C=O) groups excluding carboxylic acids is 2. The van der Waals surface area contributed by atoms with Crippen LogP contribution >= 0.6 is 15.9 Å². The highest BCUT2D eigenvalue weighted by atomic mass is 79.9. The molecule has 1 N–H and O–H groups in total. The lowest BCUT2D eigenvalue weighted by Crippen LogP contribution is -2.52. The van der Waals surface area contributed by atoms with Crippen LogP contribution in [0, 0.1) is 0 Å². The van der Waals surface area contributed by atoms with Gasteiger partial charge in [-0.2, -0.15) is 10.1 Å². The molecule has 0 aromatic heterocycles. The summed E-state index contributed by atoms with van der Waals surface area (Å²) >= 11 is 3.27. The number of hydrogen-bond donors (Lipinski definition) is 1. The van der Waals surface area contributed by atoms with E-state index in [1.54, 1.807) is 31.2 Å². The zero-order valence-corrected chi connectivity index (χ0v) is 12.5. The van der Waals surface area contributed by atoms with Crippen LogP contribution in [-0.4, -0.2) is 40.5 Å². The summed E-state index contributed by atoms with van der Waals surface area (Å²) in [5.41, 5.74) is -1.29. The molecule has 0 radical (unpaired) electrons. The maximum absolute atomic E-state index is 12.4. The maximum atomic E-state index is 12.4. The standard InChI is InChI=1S/C13H13BrN2O4/c1-8-7-13(19,12(18)20-2)16(15-8)11(17)9-3-5-10(14)6-4-9/h3-6,19H,7H2,1-2H3/t13-/m0/s1. The molecule has 106 valence electrons. The molecule has 1 amide bonds. The van der Waals surface area contributed by atoms with Crippen LogP contribution < -0.4 is 0 Å². The molecule has 1 atom stereocenters. The number of hydrazone groups is 1. The lowest BCUT2D eigenvalue weighted by molar-refractivity contribution is -0.176. The van der Waals surface area contributed by atoms with Crippen molar-refractivity contribution in [2.75, 3.05) is 7.11 Å². The number of nitrogens with zero attached hydrogens (tertiary/aromatic N) is 2. The first-order valence-corrected chi connectivity index (χ1v) is 6.63. The van der Waals surface area contributed by atoms with E-state index in [1.165, 1.54) is 0 Å². The molecule has 1 aromatic carbocycles. The van der Waals surface area contributed by atoms with Gasteiger partial charge in [-0.15, -0.1) is 0 Å². The molecule has 0 saturated heterocycles. The lowest BCUT2D eigenvalue weighted by atomic mass is 10.1. The predicted octanol–water partition coefficient (Wildman–Crippen LogP) is 1.53. The molecule has 0 saturated carbocycles. The summed E-state index contributed by atoms with van der Waals surface area (Å²) in [7, 11) is 1.15. The van der Waals surface area contributed by atoms with Crippen molar-refractivity contribution in [3.8, 4) is 0 Å². The Bertz CT molecular complexity index is 585.